The molecule has 2 fully saturated rings. The van der Waals surface area contributed by atoms with E-state index in [1.54, 1.807) is 19.1 Å². The number of phenols is 1. The van der Waals surface area contributed by atoms with Crippen molar-refractivity contribution in [2.24, 2.45) is 0 Å². The third-order valence-electron chi connectivity index (χ3n) is 4.80. The van der Waals surface area contributed by atoms with Crippen molar-refractivity contribution in [2.75, 3.05) is 26.2 Å². The van der Waals surface area contributed by atoms with Crippen LogP contribution in [0.3, 0.4) is 0 Å². The fraction of sp³-hybridized carbons (Fsp3) is 0.588. The highest BCUT2D eigenvalue weighted by Crippen LogP contribution is 2.25. The fourth-order valence-corrected chi connectivity index (χ4v) is 3.54. The van der Waals surface area contributed by atoms with Gasteiger partial charge in [0, 0.05) is 43.3 Å². The topological polar surface area (TPSA) is 43.8 Å². The van der Waals surface area contributed by atoms with E-state index in [0.717, 1.165) is 31.7 Å². The SMILES string of the molecule is CC(=O)c1ccc(O)c(CN2CCN3CCCCC3C2)c1. The number of phenolic OH excluding ortho intramolecular Hbond substituents is 1. The van der Waals surface area contributed by atoms with Gasteiger partial charge < -0.3 is 5.11 Å². The number of Topliss-reactive ketones (excluding diaryl/α,β-unsaturated/α-hetero) is 1. The van der Waals surface area contributed by atoms with E-state index >= 15 is 0 Å². The van der Waals surface area contributed by atoms with Crippen molar-refractivity contribution in [2.45, 2.75) is 38.8 Å². The summed E-state index contributed by atoms with van der Waals surface area (Å²) in [4.78, 5) is 16.5. The van der Waals surface area contributed by atoms with Gasteiger partial charge in [0.1, 0.15) is 5.75 Å². The van der Waals surface area contributed by atoms with Gasteiger partial charge in [-0.05, 0) is 44.5 Å². The van der Waals surface area contributed by atoms with E-state index < -0.39 is 0 Å². The third-order valence-corrected chi connectivity index (χ3v) is 4.80. The first-order chi connectivity index (χ1) is 10.1. The lowest BCUT2D eigenvalue weighted by Gasteiger charge is -2.44. The van der Waals surface area contributed by atoms with Gasteiger partial charge >= 0.3 is 0 Å². The van der Waals surface area contributed by atoms with Gasteiger partial charge in [0.25, 0.3) is 0 Å². The maximum atomic E-state index is 11.5. The lowest BCUT2D eigenvalue weighted by Crippen LogP contribution is -2.54. The zero-order valence-electron chi connectivity index (χ0n) is 12.7. The molecule has 1 unspecified atom stereocenters. The van der Waals surface area contributed by atoms with Crippen LogP contribution in [0.25, 0.3) is 0 Å². The lowest BCUT2D eigenvalue weighted by atomic mass is 9.99. The zero-order valence-corrected chi connectivity index (χ0v) is 12.7. The molecule has 0 bridgehead atoms. The van der Waals surface area contributed by atoms with Crippen LogP contribution in [-0.4, -0.2) is 52.9 Å². The van der Waals surface area contributed by atoms with Crippen LogP contribution in [0.15, 0.2) is 18.2 Å². The van der Waals surface area contributed by atoms with E-state index in [2.05, 4.69) is 9.80 Å². The molecule has 1 aromatic rings. The van der Waals surface area contributed by atoms with Crippen molar-refractivity contribution < 1.29 is 9.90 Å². The van der Waals surface area contributed by atoms with Gasteiger partial charge in [-0.1, -0.05) is 6.42 Å². The number of carbonyl (C=O) groups excluding carboxylic acids is 1. The molecule has 4 heteroatoms. The second kappa shape index (κ2) is 6.16. The largest absolute Gasteiger partial charge is 0.508 e. The maximum absolute atomic E-state index is 11.5. The molecule has 2 aliphatic rings. The molecule has 3 rings (SSSR count). The highest BCUT2D eigenvalue weighted by atomic mass is 16.3. The molecule has 1 N–H and O–H groups in total. The normalized spacial score (nSPS) is 23.8. The van der Waals surface area contributed by atoms with Crippen molar-refractivity contribution in [1.29, 1.82) is 0 Å². The van der Waals surface area contributed by atoms with Gasteiger partial charge in [0.05, 0.1) is 0 Å². The van der Waals surface area contributed by atoms with Gasteiger partial charge in [0.15, 0.2) is 5.78 Å². The Balaban J connectivity index is 1.69. The third kappa shape index (κ3) is 3.27. The molecule has 4 nitrogen and oxygen atoms in total. The van der Waals surface area contributed by atoms with E-state index in [1.165, 1.54) is 25.8 Å². The standard InChI is InChI=1S/C17H24N2O2/c1-13(20)14-5-6-17(21)15(10-14)11-18-8-9-19-7-3-2-4-16(19)12-18/h5-6,10,16,21H,2-4,7-9,11-12H2,1H3. The number of rotatable bonds is 3. The monoisotopic (exact) mass is 288 g/mol. The van der Waals surface area contributed by atoms with E-state index in [4.69, 9.17) is 0 Å². The Hall–Kier alpha value is -1.39. The van der Waals surface area contributed by atoms with E-state index in [1.807, 2.05) is 6.07 Å². The molecule has 2 saturated heterocycles. The van der Waals surface area contributed by atoms with Crippen LogP contribution < -0.4 is 0 Å². The van der Waals surface area contributed by atoms with Crippen LogP contribution in [0.1, 0.15) is 42.1 Å². The van der Waals surface area contributed by atoms with Crippen molar-refractivity contribution in [3.8, 4) is 5.75 Å². The molecule has 0 saturated carbocycles. The summed E-state index contributed by atoms with van der Waals surface area (Å²) in [5.41, 5.74) is 1.55. The fourth-order valence-electron chi connectivity index (χ4n) is 3.54. The second-order valence-corrected chi connectivity index (χ2v) is 6.32. The van der Waals surface area contributed by atoms with Gasteiger partial charge in [0.2, 0.25) is 0 Å². The molecular weight excluding hydrogens is 264 g/mol. The van der Waals surface area contributed by atoms with Crippen molar-refractivity contribution in [3.05, 3.63) is 29.3 Å². The molecule has 21 heavy (non-hydrogen) atoms. The molecule has 114 valence electrons. The number of fused-ring (bicyclic) bond motifs is 1. The Morgan fingerprint density at radius 2 is 2.14 bits per heavy atom. The first-order valence-corrected chi connectivity index (χ1v) is 7.93. The summed E-state index contributed by atoms with van der Waals surface area (Å²) in [6.45, 7) is 6.78. The molecule has 0 spiro atoms. The molecule has 0 aromatic heterocycles. The van der Waals surface area contributed by atoms with Gasteiger partial charge in [-0.15, -0.1) is 0 Å². The Labute approximate surface area is 126 Å². The number of piperidine rings is 1. The van der Waals surface area contributed by atoms with Gasteiger partial charge in [-0.25, -0.2) is 0 Å². The van der Waals surface area contributed by atoms with Crippen LogP contribution in [0.5, 0.6) is 5.75 Å². The first-order valence-electron chi connectivity index (χ1n) is 7.93. The highest BCUT2D eigenvalue weighted by Gasteiger charge is 2.29. The Morgan fingerprint density at radius 1 is 1.29 bits per heavy atom. The molecule has 1 atom stereocenters. The quantitative estimate of drug-likeness (QED) is 0.867. The van der Waals surface area contributed by atoms with E-state index in [-0.39, 0.29) is 5.78 Å². The van der Waals surface area contributed by atoms with Crippen LogP contribution in [0, 0.1) is 0 Å². The predicted molar refractivity (Wildman–Crippen MR) is 82.6 cm³/mol. The predicted octanol–water partition coefficient (Wildman–Crippen LogP) is 2.26. The first kappa shape index (κ1) is 14.5. The molecule has 0 radical (unpaired) electrons. The smallest absolute Gasteiger partial charge is 0.159 e. The Bertz CT molecular complexity index is 530. The summed E-state index contributed by atoms with van der Waals surface area (Å²) in [6.07, 6.45) is 3.95. The summed E-state index contributed by atoms with van der Waals surface area (Å²) in [7, 11) is 0. The lowest BCUT2D eigenvalue weighted by molar-refractivity contribution is 0.0453. The van der Waals surface area contributed by atoms with Crippen molar-refractivity contribution >= 4 is 5.78 Å². The number of carbonyl (C=O) groups is 1. The average Bonchev–Trinajstić information content (AvgIpc) is 2.49. The van der Waals surface area contributed by atoms with Crippen LogP contribution in [0.2, 0.25) is 0 Å². The number of nitrogens with zero attached hydrogens (tertiary/aromatic N) is 2. The zero-order chi connectivity index (χ0) is 14.8. The van der Waals surface area contributed by atoms with Gasteiger partial charge in [-0.3, -0.25) is 14.6 Å². The summed E-state index contributed by atoms with van der Waals surface area (Å²) >= 11 is 0. The molecular formula is C17H24N2O2. The number of hydrogen-bond donors (Lipinski definition) is 1. The highest BCUT2D eigenvalue weighted by molar-refractivity contribution is 5.94. The van der Waals surface area contributed by atoms with Crippen molar-refractivity contribution in [3.63, 3.8) is 0 Å². The van der Waals surface area contributed by atoms with Crippen LogP contribution in [0.4, 0.5) is 0 Å². The van der Waals surface area contributed by atoms with Crippen LogP contribution in [-0.2, 0) is 6.54 Å². The minimum atomic E-state index is 0.0494. The van der Waals surface area contributed by atoms with E-state index in [9.17, 15) is 9.90 Å². The Kier molecular flexibility index (Phi) is 4.27. The average molecular weight is 288 g/mol. The number of benzene rings is 1. The van der Waals surface area contributed by atoms with E-state index in [0.29, 0.717) is 17.4 Å². The summed E-state index contributed by atoms with van der Waals surface area (Å²) < 4.78 is 0. The molecule has 0 amide bonds. The summed E-state index contributed by atoms with van der Waals surface area (Å²) in [5, 5.41) is 10.0. The number of piperazine rings is 1. The number of ketones is 1. The minimum absolute atomic E-state index is 0.0494. The summed E-state index contributed by atoms with van der Waals surface area (Å²) in [6, 6.07) is 5.85. The number of aromatic hydroxyl groups is 1. The second-order valence-electron chi connectivity index (χ2n) is 6.32. The minimum Gasteiger partial charge on any atom is -0.508 e. The van der Waals surface area contributed by atoms with Crippen molar-refractivity contribution in [1.82, 2.24) is 9.80 Å². The molecule has 2 heterocycles. The molecule has 0 aliphatic carbocycles. The molecule has 1 aromatic carbocycles. The van der Waals surface area contributed by atoms with Crippen LogP contribution >= 0.6 is 0 Å². The maximum Gasteiger partial charge on any atom is 0.159 e. The van der Waals surface area contributed by atoms with Gasteiger partial charge in [-0.2, -0.15) is 0 Å². The summed E-state index contributed by atoms with van der Waals surface area (Å²) in [5.74, 6) is 0.347. The Morgan fingerprint density at radius 3 is 2.95 bits per heavy atom. The molecule has 2 aliphatic heterocycles. The number of hydrogen-bond acceptors (Lipinski definition) is 4.